The van der Waals surface area contributed by atoms with Gasteiger partial charge in [0.05, 0.1) is 6.04 Å². The van der Waals surface area contributed by atoms with Crippen molar-refractivity contribution in [3.8, 4) is 0 Å². The van der Waals surface area contributed by atoms with Gasteiger partial charge in [0.15, 0.2) is 0 Å². The van der Waals surface area contributed by atoms with Crippen LogP contribution in [-0.2, 0) is 4.79 Å². The van der Waals surface area contributed by atoms with Gasteiger partial charge >= 0.3 is 12.0 Å². The minimum Gasteiger partial charge on any atom is -0.480 e. The fourth-order valence-corrected chi connectivity index (χ4v) is 1.93. The average Bonchev–Trinajstić information content (AvgIpc) is 2.64. The lowest BCUT2D eigenvalue weighted by Crippen LogP contribution is -2.45. The molecule has 17 heavy (non-hydrogen) atoms. The Balaban J connectivity index is 2.49. The van der Waals surface area contributed by atoms with Crippen molar-refractivity contribution < 1.29 is 14.7 Å². The molecule has 1 aromatic heterocycles. The normalized spacial score (nSPS) is 13.8. The Kier molecular flexibility index (Phi) is 4.45. The highest BCUT2D eigenvalue weighted by Crippen LogP contribution is 2.16. The SMILES string of the molecule is Cc1csc(C(C)NC(=O)N[C@@H](C)C(=O)O)n1. The Morgan fingerprint density at radius 2 is 2.06 bits per heavy atom. The molecule has 0 aliphatic heterocycles. The second kappa shape index (κ2) is 5.62. The van der Waals surface area contributed by atoms with E-state index in [9.17, 15) is 9.59 Å². The quantitative estimate of drug-likeness (QED) is 0.757. The van der Waals surface area contributed by atoms with Gasteiger partial charge in [-0.3, -0.25) is 4.79 Å². The number of nitrogens with one attached hydrogen (secondary N) is 2. The summed E-state index contributed by atoms with van der Waals surface area (Å²) < 4.78 is 0. The van der Waals surface area contributed by atoms with Crippen LogP contribution in [0, 0.1) is 6.92 Å². The van der Waals surface area contributed by atoms with Crippen molar-refractivity contribution in [3.63, 3.8) is 0 Å². The predicted octanol–water partition coefficient (Wildman–Crippen LogP) is 1.28. The van der Waals surface area contributed by atoms with E-state index in [0.717, 1.165) is 10.7 Å². The van der Waals surface area contributed by atoms with Gasteiger partial charge in [0.2, 0.25) is 0 Å². The summed E-state index contributed by atoms with van der Waals surface area (Å²) in [6.45, 7) is 5.07. The first kappa shape index (κ1) is 13.4. The zero-order valence-electron chi connectivity index (χ0n) is 9.85. The first-order valence-electron chi connectivity index (χ1n) is 5.12. The lowest BCUT2D eigenvalue weighted by atomic mass is 10.3. The molecule has 0 spiro atoms. The van der Waals surface area contributed by atoms with E-state index >= 15 is 0 Å². The summed E-state index contributed by atoms with van der Waals surface area (Å²) in [6.07, 6.45) is 0. The number of rotatable bonds is 4. The number of carboxylic acid groups (broad SMARTS) is 1. The molecule has 0 fully saturated rings. The fourth-order valence-electron chi connectivity index (χ4n) is 1.13. The van der Waals surface area contributed by atoms with Gasteiger partial charge < -0.3 is 15.7 Å². The van der Waals surface area contributed by atoms with Crippen LogP contribution in [0.4, 0.5) is 4.79 Å². The Morgan fingerprint density at radius 3 is 2.53 bits per heavy atom. The summed E-state index contributed by atoms with van der Waals surface area (Å²) in [6, 6.07) is -1.67. The van der Waals surface area contributed by atoms with Crippen molar-refractivity contribution in [1.82, 2.24) is 15.6 Å². The molecule has 7 heteroatoms. The summed E-state index contributed by atoms with van der Waals surface area (Å²) in [7, 11) is 0. The summed E-state index contributed by atoms with van der Waals surface area (Å²) in [5.41, 5.74) is 0.901. The smallest absolute Gasteiger partial charge is 0.325 e. The van der Waals surface area contributed by atoms with E-state index in [4.69, 9.17) is 5.11 Å². The molecule has 0 radical (unpaired) electrons. The van der Waals surface area contributed by atoms with Crippen LogP contribution in [0.1, 0.15) is 30.6 Å². The first-order chi connectivity index (χ1) is 7.90. The van der Waals surface area contributed by atoms with Crippen molar-refractivity contribution in [3.05, 3.63) is 16.1 Å². The molecule has 0 saturated carbocycles. The number of carbonyl (C=O) groups excluding carboxylic acids is 1. The number of amides is 2. The zero-order chi connectivity index (χ0) is 13.0. The molecule has 1 rings (SSSR count). The minimum atomic E-state index is -1.07. The van der Waals surface area contributed by atoms with Gasteiger partial charge in [-0.15, -0.1) is 11.3 Å². The van der Waals surface area contributed by atoms with Crippen molar-refractivity contribution in [2.24, 2.45) is 0 Å². The highest BCUT2D eigenvalue weighted by Gasteiger charge is 2.17. The molecule has 3 N–H and O–H groups in total. The molecule has 0 saturated heterocycles. The van der Waals surface area contributed by atoms with Gasteiger partial charge in [0, 0.05) is 11.1 Å². The molecule has 0 aliphatic carbocycles. The summed E-state index contributed by atoms with van der Waals surface area (Å²) in [5, 5.41) is 16.3. The Morgan fingerprint density at radius 1 is 1.41 bits per heavy atom. The topological polar surface area (TPSA) is 91.3 Å². The third-order valence-corrected chi connectivity index (χ3v) is 3.22. The van der Waals surface area contributed by atoms with E-state index in [0.29, 0.717) is 0 Å². The molecule has 0 aliphatic rings. The molecule has 2 atom stereocenters. The molecule has 6 nitrogen and oxygen atoms in total. The molecule has 94 valence electrons. The summed E-state index contributed by atoms with van der Waals surface area (Å²) in [4.78, 5) is 26.2. The molecule has 1 aromatic rings. The number of aryl methyl sites for hydroxylation is 1. The fraction of sp³-hybridized carbons (Fsp3) is 0.500. The summed E-state index contributed by atoms with van der Waals surface area (Å²) >= 11 is 1.45. The second-order valence-corrected chi connectivity index (χ2v) is 4.62. The van der Waals surface area contributed by atoms with Crippen LogP contribution in [0.2, 0.25) is 0 Å². The molecule has 1 unspecified atom stereocenters. The van der Waals surface area contributed by atoms with E-state index in [1.54, 1.807) is 6.92 Å². The van der Waals surface area contributed by atoms with Crippen molar-refractivity contribution in [2.75, 3.05) is 0 Å². The Labute approximate surface area is 103 Å². The van der Waals surface area contributed by atoms with Gasteiger partial charge in [0.1, 0.15) is 11.0 Å². The number of carboxylic acids is 1. The van der Waals surface area contributed by atoms with Crippen LogP contribution in [0.5, 0.6) is 0 Å². The van der Waals surface area contributed by atoms with E-state index in [1.165, 1.54) is 18.3 Å². The Hall–Kier alpha value is -1.63. The van der Waals surface area contributed by atoms with Gasteiger partial charge in [-0.05, 0) is 20.8 Å². The molecule has 0 aromatic carbocycles. The number of hydrogen-bond acceptors (Lipinski definition) is 4. The lowest BCUT2D eigenvalue weighted by Gasteiger charge is -2.14. The van der Waals surface area contributed by atoms with E-state index in [-0.39, 0.29) is 6.04 Å². The molecular formula is C10H15N3O3S. The Bertz CT molecular complexity index is 419. The third kappa shape index (κ3) is 4.03. The van der Waals surface area contributed by atoms with E-state index < -0.39 is 18.0 Å². The summed E-state index contributed by atoms with van der Waals surface area (Å²) in [5.74, 6) is -1.07. The van der Waals surface area contributed by atoms with Crippen LogP contribution >= 0.6 is 11.3 Å². The maximum atomic E-state index is 11.4. The van der Waals surface area contributed by atoms with Crippen molar-refractivity contribution in [2.45, 2.75) is 32.9 Å². The van der Waals surface area contributed by atoms with Gasteiger partial charge in [-0.25, -0.2) is 9.78 Å². The van der Waals surface area contributed by atoms with Gasteiger partial charge in [-0.2, -0.15) is 0 Å². The number of aliphatic carboxylic acids is 1. The van der Waals surface area contributed by atoms with Gasteiger partial charge in [-0.1, -0.05) is 0 Å². The lowest BCUT2D eigenvalue weighted by molar-refractivity contribution is -0.138. The monoisotopic (exact) mass is 257 g/mol. The van der Waals surface area contributed by atoms with Crippen molar-refractivity contribution in [1.29, 1.82) is 0 Å². The highest BCUT2D eigenvalue weighted by atomic mass is 32.1. The van der Waals surface area contributed by atoms with E-state index in [1.807, 2.05) is 12.3 Å². The molecule has 0 bridgehead atoms. The van der Waals surface area contributed by atoms with Crippen LogP contribution in [0.3, 0.4) is 0 Å². The maximum absolute atomic E-state index is 11.4. The maximum Gasteiger partial charge on any atom is 0.325 e. The van der Waals surface area contributed by atoms with Crippen LogP contribution in [-0.4, -0.2) is 28.1 Å². The molecular weight excluding hydrogens is 242 g/mol. The first-order valence-corrected chi connectivity index (χ1v) is 6.00. The van der Waals surface area contributed by atoms with E-state index in [2.05, 4.69) is 15.6 Å². The van der Waals surface area contributed by atoms with Crippen LogP contribution in [0.25, 0.3) is 0 Å². The zero-order valence-corrected chi connectivity index (χ0v) is 10.7. The number of thiazole rings is 1. The number of hydrogen-bond donors (Lipinski definition) is 3. The number of urea groups is 1. The predicted molar refractivity (Wildman–Crippen MR) is 64.0 cm³/mol. The largest absolute Gasteiger partial charge is 0.480 e. The highest BCUT2D eigenvalue weighted by molar-refractivity contribution is 7.09. The average molecular weight is 257 g/mol. The number of aromatic nitrogens is 1. The minimum absolute atomic E-state index is 0.241. The standard InChI is InChI=1S/C10H15N3O3S/c1-5-4-17-8(11-5)6(2)12-10(16)13-7(3)9(14)15/h4,6-7H,1-3H3,(H,14,15)(H2,12,13,16)/t6?,7-/m0/s1. The van der Waals surface area contributed by atoms with Crippen molar-refractivity contribution >= 4 is 23.3 Å². The molecule has 2 amide bonds. The second-order valence-electron chi connectivity index (χ2n) is 3.73. The van der Waals surface area contributed by atoms with Crippen LogP contribution in [0.15, 0.2) is 5.38 Å². The number of nitrogens with zero attached hydrogens (tertiary/aromatic N) is 1. The van der Waals surface area contributed by atoms with Gasteiger partial charge in [0.25, 0.3) is 0 Å². The van der Waals surface area contributed by atoms with Crippen LogP contribution < -0.4 is 10.6 Å². The molecule has 1 heterocycles. The number of carbonyl (C=O) groups is 2. The third-order valence-electron chi connectivity index (χ3n) is 2.07.